The second-order valence-electron chi connectivity index (χ2n) is 5.12. The van der Waals surface area contributed by atoms with Crippen molar-refractivity contribution >= 4 is 11.8 Å². The van der Waals surface area contributed by atoms with E-state index in [0.717, 1.165) is 25.7 Å². The average Bonchev–Trinajstić information content (AvgIpc) is 2.63. The number of hydrogen-bond acceptors (Lipinski definition) is 3. The minimum Gasteiger partial charge on any atom is -0.355 e. The van der Waals surface area contributed by atoms with Gasteiger partial charge in [-0.15, -0.1) is 0 Å². The molecule has 0 aromatic heterocycles. The molecule has 1 saturated heterocycles. The first-order valence-electron chi connectivity index (χ1n) is 6.49. The third-order valence-electron chi connectivity index (χ3n) is 3.75. The number of amides is 2. The second-order valence-corrected chi connectivity index (χ2v) is 5.12. The summed E-state index contributed by atoms with van der Waals surface area (Å²) in [5, 5.41) is 5.70. The second kappa shape index (κ2) is 5.49. The number of carbonyl (C=O) groups is 2. The van der Waals surface area contributed by atoms with Gasteiger partial charge in [0.05, 0.1) is 5.92 Å². The molecule has 4 N–H and O–H groups in total. The van der Waals surface area contributed by atoms with Crippen molar-refractivity contribution in [1.29, 1.82) is 0 Å². The SMILES string of the molecule is NC1CCCCCC1NC(=O)C1CNC(=O)C1. The van der Waals surface area contributed by atoms with Crippen molar-refractivity contribution in [1.82, 2.24) is 10.6 Å². The molecule has 0 aromatic rings. The summed E-state index contributed by atoms with van der Waals surface area (Å²) in [6, 6.07) is 0.146. The maximum Gasteiger partial charge on any atom is 0.225 e. The lowest BCUT2D eigenvalue weighted by Crippen LogP contribution is -2.49. The van der Waals surface area contributed by atoms with Crippen LogP contribution in [0.2, 0.25) is 0 Å². The monoisotopic (exact) mass is 239 g/mol. The first-order valence-corrected chi connectivity index (χ1v) is 6.49. The fourth-order valence-electron chi connectivity index (χ4n) is 2.61. The Morgan fingerprint density at radius 3 is 2.76 bits per heavy atom. The summed E-state index contributed by atoms with van der Waals surface area (Å²) >= 11 is 0. The van der Waals surface area contributed by atoms with E-state index in [9.17, 15) is 9.59 Å². The molecule has 2 fully saturated rings. The highest BCUT2D eigenvalue weighted by Crippen LogP contribution is 2.18. The molecule has 5 nitrogen and oxygen atoms in total. The zero-order chi connectivity index (χ0) is 12.3. The van der Waals surface area contributed by atoms with Crippen LogP contribution in [-0.2, 0) is 9.59 Å². The van der Waals surface area contributed by atoms with Gasteiger partial charge in [-0.05, 0) is 12.8 Å². The molecule has 0 radical (unpaired) electrons. The Kier molecular flexibility index (Phi) is 3.99. The van der Waals surface area contributed by atoms with Gasteiger partial charge in [0.25, 0.3) is 0 Å². The molecule has 1 aliphatic heterocycles. The minimum absolute atomic E-state index is 0.0225. The van der Waals surface area contributed by atoms with Crippen LogP contribution >= 0.6 is 0 Å². The maximum absolute atomic E-state index is 12.0. The summed E-state index contributed by atoms with van der Waals surface area (Å²) < 4.78 is 0. The molecule has 2 amide bonds. The molecular formula is C12H21N3O2. The quantitative estimate of drug-likeness (QED) is 0.588. The zero-order valence-electron chi connectivity index (χ0n) is 10.1. The predicted molar refractivity (Wildman–Crippen MR) is 64.1 cm³/mol. The summed E-state index contributed by atoms with van der Waals surface area (Å²) in [7, 11) is 0. The van der Waals surface area contributed by atoms with E-state index in [-0.39, 0.29) is 29.8 Å². The molecule has 3 unspecified atom stereocenters. The van der Waals surface area contributed by atoms with E-state index >= 15 is 0 Å². The zero-order valence-corrected chi connectivity index (χ0v) is 10.1. The Labute approximate surface area is 102 Å². The van der Waals surface area contributed by atoms with Gasteiger partial charge in [-0.1, -0.05) is 19.3 Å². The number of hydrogen-bond donors (Lipinski definition) is 3. The third-order valence-corrected chi connectivity index (χ3v) is 3.75. The van der Waals surface area contributed by atoms with Crippen LogP contribution < -0.4 is 16.4 Å². The van der Waals surface area contributed by atoms with Gasteiger partial charge < -0.3 is 16.4 Å². The number of rotatable bonds is 2. The van der Waals surface area contributed by atoms with E-state index in [2.05, 4.69) is 10.6 Å². The van der Waals surface area contributed by atoms with E-state index in [4.69, 9.17) is 5.73 Å². The van der Waals surface area contributed by atoms with Crippen molar-refractivity contribution in [3.05, 3.63) is 0 Å². The largest absolute Gasteiger partial charge is 0.355 e. The van der Waals surface area contributed by atoms with E-state index in [0.29, 0.717) is 13.0 Å². The molecule has 17 heavy (non-hydrogen) atoms. The van der Waals surface area contributed by atoms with Crippen LogP contribution in [0.4, 0.5) is 0 Å². The fourth-order valence-corrected chi connectivity index (χ4v) is 2.61. The van der Waals surface area contributed by atoms with Crippen LogP contribution in [0, 0.1) is 5.92 Å². The van der Waals surface area contributed by atoms with E-state index < -0.39 is 0 Å². The molecule has 1 aliphatic carbocycles. The van der Waals surface area contributed by atoms with Gasteiger partial charge in [0.1, 0.15) is 0 Å². The minimum atomic E-state index is -0.210. The molecule has 2 rings (SSSR count). The Morgan fingerprint density at radius 1 is 1.29 bits per heavy atom. The van der Waals surface area contributed by atoms with Gasteiger partial charge in [-0.3, -0.25) is 9.59 Å². The van der Waals surface area contributed by atoms with E-state index in [1.54, 1.807) is 0 Å². The van der Waals surface area contributed by atoms with E-state index in [1.807, 2.05) is 0 Å². The van der Waals surface area contributed by atoms with Crippen molar-refractivity contribution in [2.75, 3.05) is 6.54 Å². The molecule has 1 saturated carbocycles. The van der Waals surface area contributed by atoms with Crippen LogP contribution in [-0.4, -0.2) is 30.4 Å². The number of nitrogens with one attached hydrogen (secondary N) is 2. The van der Waals surface area contributed by atoms with Crippen LogP contribution in [0.15, 0.2) is 0 Å². The van der Waals surface area contributed by atoms with Gasteiger partial charge in [0.2, 0.25) is 11.8 Å². The smallest absolute Gasteiger partial charge is 0.225 e. The first-order chi connectivity index (χ1) is 8.16. The lowest BCUT2D eigenvalue weighted by atomic mass is 10.0. The standard InChI is InChI=1S/C12H21N3O2/c13-9-4-2-1-3-5-10(9)15-12(17)8-6-11(16)14-7-8/h8-10H,1-7,13H2,(H,14,16)(H,15,17). The average molecular weight is 239 g/mol. The van der Waals surface area contributed by atoms with Crippen LogP contribution in [0.1, 0.15) is 38.5 Å². The van der Waals surface area contributed by atoms with Crippen LogP contribution in [0.3, 0.4) is 0 Å². The summed E-state index contributed by atoms with van der Waals surface area (Å²) in [6.07, 6.45) is 5.72. The third kappa shape index (κ3) is 3.19. The highest BCUT2D eigenvalue weighted by molar-refractivity contribution is 5.89. The van der Waals surface area contributed by atoms with Crippen LogP contribution in [0.5, 0.6) is 0 Å². The predicted octanol–water partition coefficient (Wildman–Crippen LogP) is -0.101. The summed E-state index contributed by atoms with van der Waals surface area (Å²) in [6.45, 7) is 0.465. The lowest BCUT2D eigenvalue weighted by molar-refractivity contribution is -0.127. The Bertz CT molecular complexity index is 306. The molecular weight excluding hydrogens is 218 g/mol. The molecule has 5 heteroatoms. The molecule has 2 aliphatic rings. The van der Waals surface area contributed by atoms with E-state index in [1.165, 1.54) is 6.42 Å². The molecule has 0 spiro atoms. The Morgan fingerprint density at radius 2 is 2.06 bits per heavy atom. The number of carbonyl (C=O) groups excluding carboxylic acids is 2. The van der Waals surface area contributed by atoms with Gasteiger partial charge in [0.15, 0.2) is 0 Å². The number of nitrogens with two attached hydrogens (primary N) is 1. The highest BCUT2D eigenvalue weighted by Gasteiger charge is 2.30. The summed E-state index contributed by atoms with van der Waals surface area (Å²) in [5.74, 6) is -0.265. The fraction of sp³-hybridized carbons (Fsp3) is 0.833. The van der Waals surface area contributed by atoms with Crippen molar-refractivity contribution in [3.8, 4) is 0 Å². The maximum atomic E-state index is 12.0. The normalized spacial score (nSPS) is 33.9. The van der Waals surface area contributed by atoms with Crippen molar-refractivity contribution in [2.45, 2.75) is 50.6 Å². The molecule has 1 heterocycles. The van der Waals surface area contributed by atoms with Gasteiger partial charge >= 0.3 is 0 Å². The van der Waals surface area contributed by atoms with Gasteiger partial charge in [-0.25, -0.2) is 0 Å². The van der Waals surface area contributed by atoms with Crippen molar-refractivity contribution < 1.29 is 9.59 Å². The highest BCUT2D eigenvalue weighted by atomic mass is 16.2. The molecule has 96 valence electrons. The molecule has 0 aromatic carbocycles. The Hall–Kier alpha value is -1.10. The van der Waals surface area contributed by atoms with Gasteiger partial charge in [-0.2, -0.15) is 0 Å². The van der Waals surface area contributed by atoms with Crippen molar-refractivity contribution in [3.63, 3.8) is 0 Å². The molecule has 3 atom stereocenters. The van der Waals surface area contributed by atoms with Crippen molar-refractivity contribution in [2.24, 2.45) is 11.7 Å². The molecule has 0 bridgehead atoms. The van der Waals surface area contributed by atoms with Gasteiger partial charge in [0, 0.05) is 25.0 Å². The summed E-state index contributed by atoms with van der Waals surface area (Å²) in [5.41, 5.74) is 6.06. The Balaban J connectivity index is 1.86. The van der Waals surface area contributed by atoms with Crippen LogP contribution in [0.25, 0.3) is 0 Å². The first kappa shape index (κ1) is 12.4. The summed E-state index contributed by atoms with van der Waals surface area (Å²) in [4.78, 5) is 23.0. The lowest BCUT2D eigenvalue weighted by Gasteiger charge is -2.24. The topological polar surface area (TPSA) is 84.2 Å².